The maximum absolute atomic E-state index is 13.2. The van der Waals surface area contributed by atoms with E-state index < -0.39 is 30.8 Å². The van der Waals surface area contributed by atoms with E-state index in [0.717, 1.165) is 22.5 Å². The molecule has 1 aromatic heterocycles. The van der Waals surface area contributed by atoms with Gasteiger partial charge in [-0.3, -0.25) is 10.1 Å². The highest BCUT2D eigenvalue weighted by Gasteiger charge is 2.42. The Morgan fingerprint density at radius 3 is 2.72 bits per heavy atom. The van der Waals surface area contributed by atoms with Crippen molar-refractivity contribution in [3.8, 4) is 5.69 Å². The van der Waals surface area contributed by atoms with Gasteiger partial charge in [0.2, 0.25) is 5.91 Å². The fourth-order valence-electron chi connectivity index (χ4n) is 2.84. The Morgan fingerprint density at radius 2 is 2.08 bits per heavy atom. The number of hydrogen-bond donors (Lipinski definition) is 2. The minimum Gasteiger partial charge on any atom is -0.322 e. The molecule has 1 fully saturated rings. The molecule has 1 aliphatic heterocycles. The first-order chi connectivity index (χ1) is 11.3. The van der Waals surface area contributed by atoms with Crippen LogP contribution in [0.15, 0.2) is 24.4 Å². The van der Waals surface area contributed by atoms with Crippen molar-refractivity contribution in [2.45, 2.75) is 39.2 Å². The molecule has 1 aliphatic rings. The van der Waals surface area contributed by atoms with Gasteiger partial charge in [0.1, 0.15) is 0 Å². The summed E-state index contributed by atoms with van der Waals surface area (Å²) in [4.78, 5) is 12.2. The van der Waals surface area contributed by atoms with Gasteiger partial charge < -0.3 is 5.32 Å². The van der Waals surface area contributed by atoms with Crippen LogP contribution in [0.4, 0.5) is 14.5 Å². The van der Waals surface area contributed by atoms with Crippen molar-refractivity contribution in [1.82, 2.24) is 15.1 Å². The summed E-state index contributed by atoms with van der Waals surface area (Å²) in [6, 6.07) is 5.16. The van der Waals surface area contributed by atoms with Gasteiger partial charge in [-0.05, 0) is 38.0 Å². The first kappa shape index (κ1) is 19.3. The molecule has 136 valence electrons. The van der Waals surface area contributed by atoms with Gasteiger partial charge >= 0.3 is 0 Å². The molecule has 2 N–H and O–H groups in total. The van der Waals surface area contributed by atoms with Crippen molar-refractivity contribution >= 4 is 24.0 Å². The third kappa shape index (κ3) is 3.99. The van der Waals surface area contributed by atoms with Gasteiger partial charge in [-0.25, -0.2) is 13.5 Å². The number of nitrogens with zero attached hydrogens (tertiary/aromatic N) is 2. The van der Waals surface area contributed by atoms with Crippen molar-refractivity contribution in [3.05, 3.63) is 41.2 Å². The van der Waals surface area contributed by atoms with Crippen LogP contribution < -0.4 is 10.6 Å². The Labute approximate surface area is 151 Å². The van der Waals surface area contributed by atoms with E-state index in [9.17, 15) is 13.6 Å². The van der Waals surface area contributed by atoms with Crippen LogP contribution in [0, 0.1) is 20.8 Å². The summed E-state index contributed by atoms with van der Waals surface area (Å²) >= 11 is 0. The molecule has 1 saturated heterocycles. The monoisotopic (exact) mass is 370 g/mol. The quantitative estimate of drug-likeness (QED) is 0.872. The number of carbonyl (C=O) groups excluding carboxylic acids is 1. The van der Waals surface area contributed by atoms with Gasteiger partial charge in [0, 0.05) is 6.42 Å². The van der Waals surface area contributed by atoms with Crippen LogP contribution in [0.1, 0.15) is 23.2 Å². The topological polar surface area (TPSA) is 59.0 Å². The molecule has 1 unspecified atom stereocenters. The summed E-state index contributed by atoms with van der Waals surface area (Å²) in [7, 11) is 0. The first-order valence-corrected chi connectivity index (χ1v) is 7.81. The Morgan fingerprint density at radius 1 is 1.36 bits per heavy atom. The van der Waals surface area contributed by atoms with Crippen molar-refractivity contribution in [2.24, 2.45) is 0 Å². The maximum atomic E-state index is 13.2. The lowest BCUT2D eigenvalue weighted by Crippen LogP contribution is -2.35. The summed E-state index contributed by atoms with van der Waals surface area (Å²) in [5, 5.41) is 9.58. The molecule has 2 heterocycles. The van der Waals surface area contributed by atoms with Gasteiger partial charge in [-0.15, -0.1) is 12.4 Å². The number of anilines is 1. The standard InChI is InChI=1S/C17H20F2N4O.ClH/c1-10-4-5-11(2)15(6-10)23-12(3)14(8-21-23)22-16(24)13-7-17(18,19)9-20-13;/h4-6,8,13,20H,7,9H2,1-3H3,(H,22,24);1H. The van der Waals surface area contributed by atoms with Crippen LogP contribution in [-0.2, 0) is 4.79 Å². The third-order valence-electron chi connectivity index (χ3n) is 4.29. The summed E-state index contributed by atoms with van der Waals surface area (Å²) in [6.07, 6.45) is 1.06. The second kappa shape index (κ2) is 7.09. The van der Waals surface area contributed by atoms with Gasteiger partial charge in [-0.2, -0.15) is 5.10 Å². The summed E-state index contributed by atoms with van der Waals surface area (Å²) in [5.74, 6) is -3.30. The van der Waals surface area contributed by atoms with Crippen molar-refractivity contribution in [2.75, 3.05) is 11.9 Å². The van der Waals surface area contributed by atoms with Gasteiger partial charge in [0.05, 0.1) is 35.9 Å². The van der Waals surface area contributed by atoms with Crippen molar-refractivity contribution in [1.29, 1.82) is 0 Å². The Balaban J connectivity index is 0.00000225. The highest BCUT2D eigenvalue weighted by atomic mass is 35.5. The highest BCUT2D eigenvalue weighted by molar-refractivity contribution is 5.95. The molecule has 0 aliphatic carbocycles. The predicted molar refractivity (Wildman–Crippen MR) is 95.0 cm³/mol. The molecule has 1 amide bonds. The SMILES string of the molecule is Cc1ccc(C)c(-n2ncc(NC(=O)C3CC(F)(F)CN3)c2C)c1.Cl. The van der Waals surface area contributed by atoms with Crippen LogP contribution in [0.3, 0.4) is 0 Å². The molecule has 0 radical (unpaired) electrons. The van der Waals surface area contributed by atoms with Gasteiger partial charge in [0.25, 0.3) is 5.92 Å². The second-order valence-electron chi connectivity index (χ2n) is 6.33. The number of halogens is 3. The number of hydrogen-bond acceptors (Lipinski definition) is 3. The molecule has 5 nitrogen and oxygen atoms in total. The minimum atomic E-state index is -2.83. The van der Waals surface area contributed by atoms with Crippen LogP contribution in [0.25, 0.3) is 5.69 Å². The number of rotatable bonds is 3. The van der Waals surface area contributed by atoms with Crippen LogP contribution in [-0.4, -0.2) is 34.2 Å². The second-order valence-corrected chi connectivity index (χ2v) is 6.33. The number of nitrogens with one attached hydrogen (secondary N) is 2. The largest absolute Gasteiger partial charge is 0.322 e. The summed E-state index contributed by atoms with van der Waals surface area (Å²) in [5.41, 5.74) is 4.37. The average molecular weight is 371 g/mol. The summed E-state index contributed by atoms with van der Waals surface area (Å²) < 4.78 is 28.2. The molecular formula is C17H21ClF2N4O. The van der Waals surface area contributed by atoms with E-state index in [4.69, 9.17) is 0 Å². The first-order valence-electron chi connectivity index (χ1n) is 7.81. The van der Waals surface area contributed by atoms with Gasteiger partial charge in [0.15, 0.2) is 0 Å². The van der Waals surface area contributed by atoms with E-state index in [1.54, 1.807) is 10.9 Å². The average Bonchev–Trinajstić information content (AvgIpc) is 3.05. The molecule has 25 heavy (non-hydrogen) atoms. The molecule has 3 rings (SSSR count). The molecule has 0 bridgehead atoms. The number of carbonyl (C=O) groups is 1. The lowest BCUT2D eigenvalue weighted by molar-refractivity contribution is -0.118. The molecule has 0 saturated carbocycles. The Bertz CT molecular complexity index is 791. The number of aromatic nitrogens is 2. The smallest absolute Gasteiger partial charge is 0.262 e. The van der Waals surface area contributed by atoms with E-state index in [-0.39, 0.29) is 12.4 Å². The zero-order valence-electron chi connectivity index (χ0n) is 14.3. The van der Waals surface area contributed by atoms with Crippen LogP contribution in [0.2, 0.25) is 0 Å². The fraction of sp³-hybridized carbons (Fsp3) is 0.412. The van der Waals surface area contributed by atoms with E-state index in [2.05, 4.69) is 15.7 Å². The van der Waals surface area contributed by atoms with Crippen LogP contribution >= 0.6 is 12.4 Å². The maximum Gasteiger partial charge on any atom is 0.262 e. The number of amides is 1. The zero-order valence-corrected chi connectivity index (χ0v) is 15.1. The highest BCUT2D eigenvalue weighted by Crippen LogP contribution is 2.27. The Kier molecular flexibility index (Phi) is 5.49. The Hall–Kier alpha value is -1.99. The lowest BCUT2D eigenvalue weighted by Gasteiger charge is -2.12. The molecule has 1 atom stereocenters. The zero-order chi connectivity index (χ0) is 17.5. The number of alkyl halides is 2. The minimum absolute atomic E-state index is 0. The van der Waals surface area contributed by atoms with Crippen molar-refractivity contribution < 1.29 is 13.6 Å². The molecule has 1 aromatic carbocycles. The van der Waals surface area contributed by atoms with Gasteiger partial charge in [-0.1, -0.05) is 12.1 Å². The summed E-state index contributed by atoms with van der Waals surface area (Å²) in [6.45, 7) is 5.35. The van der Waals surface area contributed by atoms with E-state index in [0.29, 0.717) is 5.69 Å². The molecule has 2 aromatic rings. The number of benzene rings is 1. The lowest BCUT2D eigenvalue weighted by atomic mass is 10.1. The fourth-order valence-corrected chi connectivity index (χ4v) is 2.84. The van der Waals surface area contributed by atoms with Crippen LogP contribution in [0.5, 0.6) is 0 Å². The van der Waals surface area contributed by atoms with E-state index in [1.807, 2.05) is 39.0 Å². The molecule has 0 spiro atoms. The number of aryl methyl sites for hydroxylation is 2. The molecular weight excluding hydrogens is 350 g/mol. The normalized spacial score (nSPS) is 18.7. The van der Waals surface area contributed by atoms with E-state index in [1.165, 1.54) is 0 Å². The molecule has 8 heteroatoms. The van der Waals surface area contributed by atoms with Crippen molar-refractivity contribution in [3.63, 3.8) is 0 Å². The predicted octanol–water partition coefficient (Wildman–Crippen LogP) is 3.16. The third-order valence-corrected chi connectivity index (χ3v) is 4.29. The van der Waals surface area contributed by atoms with E-state index >= 15 is 0 Å².